The molecule has 1 aromatic rings. The van der Waals surface area contributed by atoms with Crippen LogP contribution in [0.15, 0.2) is 6.20 Å². The van der Waals surface area contributed by atoms with E-state index in [1.54, 1.807) is 0 Å². The van der Waals surface area contributed by atoms with Crippen LogP contribution < -0.4 is 5.32 Å². The fraction of sp³-hybridized carbons (Fsp3) is 0.810. The van der Waals surface area contributed by atoms with Crippen molar-refractivity contribution in [3.63, 3.8) is 0 Å². The van der Waals surface area contributed by atoms with Crippen LogP contribution in [0, 0.1) is 5.41 Å². The Morgan fingerprint density at radius 1 is 1.10 bits per heavy atom. The Balaban J connectivity index is 2.43. The minimum atomic E-state index is -0.922. The Kier molecular flexibility index (Phi) is 8.81. The molecule has 0 saturated heterocycles. The SMILES string of the molecule is CC(C)(C)Cc1cn(C(C)(C)CCOC(C)(C)CCC(=O)NCCC(=O)O)nn1. The molecule has 0 aliphatic heterocycles. The van der Waals surface area contributed by atoms with Crippen LogP contribution in [-0.2, 0) is 26.3 Å². The lowest BCUT2D eigenvalue weighted by atomic mass is 9.91. The highest BCUT2D eigenvalue weighted by molar-refractivity contribution is 5.76. The van der Waals surface area contributed by atoms with Gasteiger partial charge in [-0.3, -0.25) is 9.59 Å². The van der Waals surface area contributed by atoms with Crippen LogP contribution in [0.4, 0.5) is 0 Å². The van der Waals surface area contributed by atoms with Crippen molar-refractivity contribution in [1.82, 2.24) is 20.3 Å². The van der Waals surface area contributed by atoms with E-state index in [4.69, 9.17) is 9.84 Å². The summed E-state index contributed by atoms with van der Waals surface area (Å²) < 4.78 is 7.93. The number of hydrogen-bond donors (Lipinski definition) is 2. The van der Waals surface area contributed by atoms with Crippen molar-refractivity contribution in [2.75, 3.05) is 13.2 Å². The first-order valence-corrected chi connectivity index (χ1v) is 10.2. The van der Waals surface area contributed by atoms with Gasteiger partial charge in [-0.2, -0.15) is 0 Å². The summed E-state index contributed by atoms with van der Waals surface area (Å²) in [5, 5.41) is 19.8. The molecule has 0 spiro atoms. The van der Waals surface area contributed by atoms with Crippen LogP contribution in [0.25, 0.3) is 0 Å². The molecule has 1 heterocycles. The molecule has 0 aromatic carbocycles. The van der Waals surface area contributed by atoms with Crippen molar-refractivity contribution in [2.45, 2.75) is 91.7 Å². The highest BCUT2D eigenvalue weighted by Gasteiger charge is 2.26. The van der Waals surface area contributed by atoms with E-state index >= 15 is 0 Å². The van der Waals surface area contributed by atoms with Gasteiger partial charge in [0.05, 0.1) is 23.3 Å². The van der Waals surface area contributed by atoms with Gasteiger partial charge < -0.3 is 15.2 Å². The van der Waals surface area contributed by atoms with Crippen LogP contribution in [-0.4, -0.2) is 50.7 Å². The number of aromatic nitrogens is 3. The predicted octanol–water partition coefficient (Wildman–Crippen LogP) is 3.16. The Labute approximate surface area is 174 Å². The molecule has 0 fully saturated rings. The van der Waals surface area contributed by atoms with E-state index in [9.17, 15) is 9.59 Å². The van der Waals surface area contributed by atoms with Crippen molar-refractivity contribution in [1.29, 1.82) is 0 Å². The first-order chi connectivity index (χ1) is 13.2. The molecule has 1 aromatic heterocycles. The largest absolute Gasteiger partial charge is 0.481 e. The molecule has 1 rings (SSSR count). The summed E-state index contributed by atoms with van der Waals surface area (Å²) in [5.41, 5.74) is 0.478. The van der Waals surface area contributed by atoms with Crippen LogP contribution in [0.2, 0.25) is 0 Å². The fourth-order valence-electron chi connectivity index (χ4n) is 2.79. The topological polar surface area (TPSA) is 106 Å². The maximum atomic E-state index is 11.8. The number of carboxylic acids is 1. The third-order valence-electron chi connectivity index (χ3n) is 4.69. The van der Waals surface area contributed by atoms with E-state index in [0.717, 1.165) is 18.5 Å². The lowest BCUT2D eigenvalue weighted by Crippen LogP contribution is -2.33. The third-order valence-corrected chi connectivity index (χ3v) is 4.69. The summed E-state index contributed by atoms with van der Waals surface area (Å²) in [4.78, 5) is 22.3. The number of rotatable bonds is 12. The average Bonchev–Trinajstić information content (AvgIpc) is 2.99. The molecule has 0 aliphatic carbocycles. The standard InChI is InChI=1S/C21H38N4O4/c1-19(2,3)14-16-15-25(24-23-16)20(4,5)11-13-29-21(6,7)10-8-17(26)22-12-9-18(27)28/h15H,8-14H2,1-7H3,(H,22,26)(H,27,28). The number of ether oxygens (including phenoxy) is 1. The summed E-state index contributed by atoms with van der Waals surface area (Å²) in [6.45, 7) is 15.4. The van der Waals surface area contributed by atoms with Crippen LogP contribution >= 0.6 is 0 Å². The molecular weight excluding hydrogens is 372 g/mol. The molecule has 1 amide bonds. The fourth-order valence-corrected chi connectivity index (χ4v) is 2.79. The zero-order chi connectivity index (χ0) is 22.3. The summed E-state index contributed by atoms with van der Waals surface area (Å²) in [6.07, 6.45) is 4.44. The van der Waals surface area contributed by atoms with E-state index < -0.39 is 11.6 Å². The number of carboxylic acid groups (broad SMARTS) is 1. The second-order valence-corrected chi connectivity index (χ2v) is 10.1. The Morgan fingerprint density at radius 2 is 1.76 bits per heavy atom. The van der Waals surface area contributed by atoms with Crippen molar-refractivity contribution in [3.8, 4) is 0 Å². The Bertz CT molecular complexity index is 674. The monoisotopic (exact) mass is 410 g/mol. The van der Waals surface area contributed by atoms with Gasteiger partial charge in [-0.15, -0.1) is 5.10 Å². The first-order valence-electron chi connectivity index (χ1n) is 10.2. The van der Waals surface area contributed by atoms with Crippen LogP contribution in [0.3, 0.4) is 0 Å². The molecule has 166 valence electrons. The molecule has 29 heavy (non-hydrogen) atoms. The molecule has 0 aliphatic rings. The quantitative estimate of drug-likeness (QED) is 0.548. The first kappa shape index (κ1) is 25.1. The number of nitrogens with one attached hydrogen (secondary N) is 1. The number of nitrogens with zero attached hydrogens (tertiary/aromatic N) is 3. The molecule has 8 nitrogen and oxygen atoms in total. The van der Waals surface area contributed by atoms with Crippen molar-refractivity contribution in [3.05, 3.63) is 11.9 Å². The molecule has 0 bridgehead atoms. The number of carbonyl (C=O) groups is 2. The normalized spacial score (nSPS) is 12.8. The molecule has 2 N–H and O–H groups in total. The number of carbonyl (C=O) groups excluding carboxylic acids is 1. The Hall–Kier alpha value is -1.96. The third kappa shape index (κ3) is 10.4. The highest BCUT2D eigenvalue weighted by Crippen LogP contribution is 2.24. The molecule has 0 radical (unpaired) electrons. The predicted molar refractivity (Wildman–Crippen MR) is 112 cm³/mol. The highest BCUT2D eigenvalue weighted by atomic mass is 16.5. The molecular formula is C21H38N4O4. The summed E-state index contributed by atoms with van der Waals surface area (Å²) in [5.74, 6) is -1.08. The lowest BCUT2D eigenvalue weighted by Gasteiger charge is -2.29. The van der Waals surface area contributed by atoms with E-state index in [1.165, 1.54) is 0 Å². The molecule has 0 atom stereocenters. The van der Waals surface area contributed by atoms with Crippen molar-refractivity contribution < 1.29 is 19.4 Å². The molecule has 8 heteroatoms. The van der Waals surface area contributed by atoms with Crippen LogP contribution in [0.5, 0.6) is 0 Å². The zero-order valence-corrected chi connectivity index (χ0v) is 19.0. The van der Waals surface area contributed by atoms with E-state index in [1.807, 2.05) is 24.7 Å². The smallest absolute Gasteiger partial charge is 0.305 e. The van der Waals surface area contributed by atoms with Crippen molar-refractivity contribution >= 4 is 11.9 Å². The van der Waals surface area contributed by atoms with Gasteiger partial charge in [0.25, 0.3) is 0 Å². The minimum absolute atomic E-state index is 0.0690. The maximum absolute atomic E-state index is 11.8. The lowest BCUT2D eigenvalue weighted by molar-refractivity contribution is -0.137. The average molecular weight is 411 g/mol. The second kappa shape index (κ2) is 10.2. The summed E-state index contributed by atoms with van der Waals surface area (Å²) in [6, 6.07) is 0. The summed E-state index contributed by atoms with van der Waals surface area (Å²) in [7, 11) is 0. The number of hydrogen-bond acceptors (Lipinski definition) is 5. The van der Waals surface area contributed by atoms with Gasteiger partial charge in [0.1, 0.15) is 0 Å². The van der Waals surface area contributed by atoms with Gasteiger partial charge in [-0.05, 0) is 52.4 Å². The Morgan fingerprint density at radius 3 is 2.34 bits per heavy atom. The zero-order valence-electron chi connectivity index (χ0n) is 19.0. The maximum Gasteiger partial charge on any atom is 0.305 e. The van der Waals surface area contributed by atoms with E-state index in [-0.39, 0.29) is 29.8 Å². The number of aliphatic carboxylic acids is 1. The van der Waals surface area contributed by atoms with Crippen molar-refractivity contribution in [2.24, 2.45) is 5.41 Å². The molecule has 0 saturated carbocycles. The van der Waals surface area contributed by atoms with Gasteiger partial charge in [-0.25, -0.2) is 4.68 Å². The van der Waals surface area contributed by atoms with Gasteiger partial charge in [-0.1, -0.05) is 26.0 Å². The summed E-state index contributed by atoms with van der Waals surface area (Å²) >= 11 is 0. The van der Waals surface area contributed by atoms with Crippen LogP contribution in [0.1, 0.15) is 79.8 Å². The molecule has 0 unspecified atom stereocenters. The minimum Gasteiger partial charge on any atom is -0.481 e. The van der Waals surface area contributed by atoms with E-state index in [2.05, 4.69) is 50.2 Å². The van der Waals surface area contributed by atoms with Gasteiger partial charge >= 0.3 is 5.97 Å². The second-order valence-electron chi connectivity index (χ2n) is 10.1. The number of amides is 1. The van der Waals surface area contributed by atoms with E-state index in [0.29, 0.717) is 19.4 Å². The van der Waals surface area contributed by atoms with Gasteiger partial charge in [0, 0.05) is 25.8 Å². The van der Waals surface area contributed by atoms with Gasteiger partial charge in [0.15, 0.2) is 0 Å². The van der Waals surface area contributed by atoms with Gasteiger partial charge in [0.2, 0.25) is 5.91 Å².